The Morgan fingerprint density at radius 1 is 1.45 bits per heavy atom. The fourth-order valence-corrected chi connectivity index (χ4v) is 1.11. The Balaban J connectivity index is 2.69. The minimum atomic E-state index is -1.76. The normalized spacial score (nSPS) is 51.5. The number of hydrogen-bond donors (Lipinski definition) is 4. The summed E-state index contributed by atoms with van der Waals surface area (Å²) in [6.45, 7) is 0.810. The molecular formula is C6H12O5. The fraction of sp³-hybridized carbons (Fsp3) is 1.00. The second kappa shape index (κ2) is 2.69. The molecule has 1 aliphatic rings. The van der Waals surface area contributed by atoms with Gasteiger partial charge in [0.05, 0.1) is 6.61 Å². The van der Waals surface area contributed by atoms with Crippen molar-refractivity contribution in [2.75, 3.05) is 6.61 Å². The van der Waals surface area contributed by atoms with Gasteiger partial charge in [-0.15, -0.1) is 0 Å². The second-order valence-corrected chi connectivity index (χ2v) is 2.83. The summed E-state index contributed by atoms with van der Waals surface area (Å²) in [5, 5.41) is 36.0. The predicted octanol–water partition coefficient (Wildman–Crippen LogP) is -2.19. The van der Waals surface area contributed by atoms with Crippen molar-refractivity contribution in [2.45, 2.75) is 31.0 Å². The molecule has 0 saturated carbocycles. The van der Waals surface area contributed by atoms with E-state index >= 15 is 0 Å². The standard InChI is InChI=1S/C6H12O5/c1-6(10)5(9)4(8)3(2-7)11-6/h3-5,7-10H,2H2,1H3/t3-,4+,5+,6-/m1/s1. The first-order valence-electron chi connectivity index (χ1n) is 3.36. The van der Waals surface area contributed by atoms with Crippen molar-refractivity contribution in [3.63, 3.8) is 0 Å². The lowest BCUT2D eigenvalue weighted by Crippen LogP contribution is -2.40. The lowest BCUT2D eigenvalue weighted by Gasteiger charge is -2.19. The van der Waals surface area contributed by atoms with E-state index in [2.05, 4.69) is 0 Å². The van der Waals surface area contributed by atoms with Crippen LogP contribution >= 0.6 is 0 Å². The highest BCUT2D eigenvalue weighted by Crippen LogP contribution is 2.27. The minimum Gasteiger partial charge on any atom is -0.394 e. The van der Waals surface area contributed by atoms with Crippen LogP contribution in [-0.2, 0) is 4.74 Å². The van der Waals surface area contributed by atoms with Gasteiger partial charge in [0, 0.05) is 0 Å². The van der Waals surface area contributed by atoms with Crippen LogP contribution in [0.4, 0.5) is 0 Å². The average molecular weight is 164 g/mol. The molecule has 5 nitrogen and oxygen atoms in total. The number of ether oxygens (including phenoxy) is 1. The van der Waals surface area contributed by atoms with Crippen molar-refractivity contribution >= 4 is 0 Å². The van der Waals surface area contributed by atoms with E-state index < -0.39 is 30.7 Å². The zero-order valence-corrected chi connectivity index (χ0v) is 6.14. The maximum Gasteiger partial charge on any atom is 0.192 e. The molecule has 0 radical (unpaired) electrons. The van der Waals surface area contributed by atoms with E-state index in [-0.39, 0.29) is 0 Å². The summed E-state index contributed by atoms with van der Waals surface area (Å²) in [5.41, 5.74) is 0. The Kier molecular flexibility index (Phi) is 2.17. The summed E-state index contributed by atoms with van der Waals surface area (Å²) >= 11 is 0. The maximum atomic E-state index is 9.19. The zero-order valence-electron chi connectivity index (χ0n) is 6.14. The Bertz CT molecular complexity index is 146. The highest BCUT2D eigenvalue weighted by molar-refractivity contribution is 4.92. The van der Waals surface area contributed by atoms with E-state index in [1.54, 1.807) is 0 Å². The predicted molar refractivity (Wildman–Crippen MR) is 34.6 cm³/mol. The fourth-order valence-electron chi connectivity index (χ4n) is 1.11. The molecule has 1 aliphatic heterocycles. The van der Waals surface area contributed by atoms with E-state index in [1.165, 1.54) is 6.92 Å². The molecule has 66 valence electrons. The summed E-state index contributed by atoms with van der Waals surface area (Å²) < 4.78 is 4.73. The van der Waals surface area contributed by atoms with E-state index in [0.717, 1.165) is 0 Å². The van der Waals surface area contributed by atoms with Crippen LogP contribution < -0.4 is 0 Å². The third-order valence-corrected chi connectivity index (χ3v) is 1.82. The third-order valence-electron chi connectivity index (χ3n) is 1.82. The van der Waals surface area contributed by atoms with Gasteiger partial charge in [0.15, 0.2) is 5.79 Å². The molecular weight excluding hydrogens is 152 g/mol. The van der Waals surface area contributed by atoms with Crippen LogP contribution in [0.3, 0.4) is 0 Å². The molecule has 4 N–H and O–H groups in total. The molecule has 0 aliphatic carbocycles. The van der Waals surface area contributed by atoms with Crippen LogP contribution in [0.5, 0.6) is 0 Å². The molecule has 0 bridgehead atoms. The molecule has 1 rings (SSSR count). The lowest BCUT2D eigenvalue weighted by atomic mass is 10.1. The summed E-state index contributed by atoms with van der Waals surface area (Å²) in [6.07, 6.45) is -3.49. The molecule has 1 heterocycles. The molecule has 0 aromatic heterocycles. The molecule has 0 aromatic rings. The van der Waals surface area contributed by atoms with Gasteiger partial charge in [-0.1, -0.05) is 0 Å². The van der Waals surface area contributed by atoms with Crippen LogP contribution in [0, 0.1) is 0 Å². The van der Waals surface area contributed by atoms with Gasteiger partial charge in [0.25, 0.3) is 0 Å². The van der Waals surface area contributed by atoms with E-state index in [0.29, 0.717) is 0 Å². The quantitative estimate of drug-likeness (QED) is 0.353. The first-order chi connectivity index (χ1) is 4.99. The van der Waals surface area contributed by atoms with Crippen LogP contribution in [0.15, 0.2) is 0 Å². The van der Waals surface area contributed by atoms with Crippen molar-refractivity contribution in [1.29, 1.82) is 0 Å². The van der Waals surface area contributed by atoms with Crippen molar-refractivity contribution in [1.82, 2.24) is 0 Å². The van der Waals surface area contributed by atoms with E-state index in [9.17, 15) is 5.11 Å². The van der Waals surface area contributed by atoms with Crippen LogP contribution in [-0.4, -0.2) is 51.1 Å². The van der Waals surface area contributed by atoms with Crippen molar-refractivity contribution in [3.05, 3.63) is 0 Å². The summed E-state index contributed by atoms with van der Waals surface area (Å²) in [4.78, 5) is 0. The van der Waals surface area contributed by atoms with Crippen molar-refractivity contribution in [3.8, 4) is 0 Å². The minimum absolute atomic E-state index is 0.422. The number of aliphatic hydroxyl groups excluding tert-OH is 3. The molecule has 0 unspecified atom stereocenters. The van der Waals surface area contributed by atoms with Crippen LogP contribution in [0.1, 0.15) is 6.92 Å². The monoisotopic (exact) mass is 164 g/mol. The molecule has 5 heteroatoms. The molecule has 0 amide bonds. The second-order valence-electron chi connectivity index (χ2n) is 2.83. The Morgan fingerprint density at radius 3 is 2.18 bits per heavy atom. The van der Waals surface area contributed by atoms with Crippen molar-refractivity contribution in [2.24, 2.45) is 0 Å². The number of hydrogen-bond acceptors (Lipinski definition) is 5. The highest BCUT2D eigenvalue weighted by Gasteiger charge is 2.49. The first kappa shape index (κ1) is 8.89. The molecule has 1 saturated heterocycles. The van der Waals surface area contributed by atoms with E-state index in [4.69, 9.17) is 20.1 Å². The van der Waals surface area contributed by atoms with Gasteiger partial charge in [0.2, 0.25) is 0 Å². The number of aliphatic hydroxyl groups is 4. The topological polar surface area (TPSA) is 90.2 Å². The van der Waals surface area contributed by atoms with Gasteiger partial charge in [-0.05, 0) is 6.92 Å². The molecule has 11 heavy (non-hydrogen) atoms. The zero-order chi connectivity index (χ0) is 8.65. The van der Waals surface area contributed by atoms with Gasteiger partial charge < -0.3 is 25.2 Å². The Labute approximate surface area is 63.8 Å². The SMILES string of the molecule is C[C@@]1(O)O[C@H](CO)[C@H](O)[C@@H]1O. The van der Waals surface area contributed by atoms with Crippen LogP contribution in [0.25, 0.3) is 0 Å². The Morgan fingerprint density at radius 2 is 2.00 bits per heavy atom. The van der Waals surface area contributed by atoms with Gasteiger partial charge >= 0.3 is 0 Å². The largest absolute Gasteiger partial charge is 0.394 e. The number of rotatable bonds is 1. The van der Waals surface area contributed by atoms with Gasteiger partial charge in [-0.3, -0.25) is 0 Å². The molecule has 1 fully saturated rings. The molecule has 0 spiro atoms. The van der Waals surface area contributed by atoms with Gasteiger partial charge in [0.1, 0.15) is 18.3 Å². The maximum absolute atomic E-state index is 9.19. The smallest absolute Gasteiger partial charge is 0.192 e. The first-order valence-corrected chi connectivity index (χ1v) is 3.36. The summed E-state index contributed by atoms with van der Waals surface area (Å²) in [6, 6.07) is 0. The highest BCUT2D eigenvalue weighted by atomic mass is 16.7. The average Bonchev–Trinajstić information content (AvgIpc) is 2.13. The Hall–Kier alpha value is -0.200. The third kappa shape index (κ3) is 1.38. The molecule has 0 aromatic carbocycles. The van der Waals surface area contributed by atoms with Crippen LogP contribution in [0.2, 0.25) is 0 Å². The van der Waals surface area contributed by atoms with Crippen molar-refractivity contribution < 1.29 is 25.2 Å². The van der Waals surface area contributed by atoms with E-state index in [1.807, 2.05) is 0 Å². The summed E-state index contributed by atoms with van der Waals surface area (Å²) in [7, 11) is 0. The summed E-state index contributed by atoms with van der Waals surface area (Å²) in [5.74, 6) is -1.76. The van der Waals surface area contributed by atoms with Gasteiger partial charge in [-0.2, -0.15) is 0 Å². The molecule has 4 atom stereocenters. The van der Waals surface area contributed by atoms with Gasteiger partial charge in [-0.25, -0.2) is 0 Å². The lowest BCUT2D eigenvalue weighted by molar-refractivity contribution is -0.217.